The highest BCUT2D eigenvalue weighted by Gasteiger charge is 2.30. The van der Waals surface area contributed by atoms with Crippen LogP contribution in [0.3, 0.4) is 0 Å². The van der Waals surface area contributed by atoms with Gasteiger partial charge in [0, 0.05) is 25.3 Å². The minimum atomic E-state index is -4.15. The first kappa shape index (κ1) is 26.8. The van der Waals surface area contributed by atoms with Crippen LogP contribution in [-0.2, 0) is 31.4 Å². The summed E-state index contributed by atoms with van der Waals surface area (Å²) in [6.45, 7) is 0.405. The summed E-state index contributed by atoms with van der Waals surface area (Å²) >= 11 is 0. The van der Waals surface area contributed by atoms with Crippen LogP contribution in [-0.4, -0.2) is 58.1 Å². The minimum absolute atomic E-state index is 0.0388. The van der Waals surface area contributed by atoms with Crippen LogP contribution in [0.15, 0.2) is 88.7 Å². The lowest BCUT2D eigenvalue weighted by molar-refractivity contribution is -0.116. The Kier molecular flexibility index (Phi) is 8.28. The second kappa shape index (κ2) is 11.4. The normalized spacial score (nSPS) is 14.5. The third kappa shape index (κ3) is 6.37. The molecule has 0 radical (unpaired) electrons. The Labute approximate surface area is 217 Å². The van der Waals surface area contributed by atoms with Crippen molar-refractivity contribution in [3.8, 4) is 5.75 Å². The molecule has 9 nitrogen and oxygen atoms in total. The average molecular weight is 544 g/mol. The Morgan fingerprint density at radius 1 is 0.865 bits per heavy atom. The van der Waals surface area contributed by atoms with Crippen molar-refractivity contribution in [2.45, 2.75) is 29.2 Å². The molecule has 3 aromatic rings. The predicted molar refractivity (Wildman–Crippen MR) is 140 cm³/mol. The monoisotopic (exact) mass is 543 g/mol. The number of sulfonamides is 2. The van der Waals surface area contributed by atoms with E-state index in [0.29, 0.717) is 30.1 Å². The van der Waals surface area contributed by atoms with Gasteiger partial charge in [-0.3, -0.25) is 4.79 Å². The number of nitrogens with zero attached hydrogens (tertiary/aromatic N) is 2. The van der Waals surface area contributed by atoms with Gasteiger partial charge in [-0.15, -0.1) is 0 Å². The molecule has 196 valence electrons. The third-order valence-electron chi connectivity index (χ3n) is 6.06. The molecule has 0 saturated carbocycles. The molecule has 0 atom stereocenters. The molecule has 11 heteroatoms. The van der Waals surface area contributed by atoms with Gasteiger partial charge in [-0.1, -0.05) is 30.3 Å². The van der Waals surface area contributed by atoms with E-state index in [4.69, 9.17) is 4.74 Å². The van der Waals surface area contributed by atoms with E-state index in [1.165, 1.54) is 35.7 Å². The van der Waals surface area contributed by atoms with Crippen LogP contribution in [0.25, 0.3) is 0 Å². The summed E-state index contributed by atoms with van der Waals surface area (Å²) in [5.74, 6) is 0.117. The van der Waals surface area contributed by atoms with Gasteiger partial charge in [-0.2, -0.15) is 8.61 Å². The number of ether oxygens (including phenoxy) is 1. The smallest absolute Gasteiger partial charge is 0.243 e. The molecule has 1 aliphatic heterocycles. The minimum Gasteiger partial charge on any atom is -0.497 e. The van der Waals surface area contributed by atoms with Crippen LogP contribution in [0.5, 0.6) is 5.75 Å². The van der Waals surface area contributed by atoms with E-state index in [0.717, 1.165) is 17.1 Å². The fourth-order valence-electron chi connectivity index (χ4n) is 4.05. The van der Waals surface area contributed by atoms with Crippen molar-refractivity contribution in [2.24, 2.45) is 0 Å². The largest absolute Gasteiger partial charge is 0.497 e. The maximum atomic E-state index is 13.6. The fraction of sp³-hybridized carbons (Fsp3) is 0.269. The first-order valence-corrected chi connectivity index (χ1v) is 14.7. The second-order valence-electron chi connectivity index (χ2n) is 8.62. The Morgan fingerprint density at radius 2 is 1.46 bits per heavy atom. The van der Waals surface area contributed by atoms with Crippen molar-refractivity contribution in [1.82, 2.24) is 8.61 Å². The SMILES string of the molecule is COc1ccc(CN(CC(=O)Nc2ccccc2)S(=O)(=O)c2ccc(S(=O)(=O)N3CCCC3)cc2)cc1. The molecule has 0 spiro atoms. The summed E-state index contributed by atoms with van der Waals surface area (Å²) in [5.41, 5.74) is 1.20. The number of methoxy groups -OCH3 is 1. The summed E-state index contributed by atoms with van der Waals surface area (Å²) < 4.78 is 60.6. The highest BCUT2D eigenvalue weighted by Crippen LogP contribution is 2.25. The van der Waals surface area contributed by atoms with Gasteiger partial charge in [-0.05, 0) is 66.9 Å². The Bertz CT molecular complexity index is 1420. The molecule has 1 amide bonds. The van der Waals surface area contributed by atoms with Crippen molar-refractivity contribution in [2.75, 3.05) is 32.1 Å². The van der Waals surface area contributed by atoms with E-state index in [1.54, 1.807) is 48.5 Å². The van der Waals surface area contributed by atoms with E-state index >= 15 is 0 Å². The molecule has 4 rings (SSSR count). The number of anilines is 1. The molecule has 0 aliphatic carbocycles. The maximum absolute atomic E-state index is 13.6. The van der Waals surface area contributed by atoms with Gasteiger partial charge in [0.15, 0.2) is 0 Å². The lowest BCUT2D eigenvalue weighted by Crippen LogP contribution is -2.37. The lowest BCUT2D eigenvalue weighted by Gasteiger charge is -2.22. The van der Waals surface area contributed by atoms with Gasteiger partial charge in [0.25, 0.3) is 0 Å². The van der Waals surface area contributed by atoms with E-state index in [1.807, 2.05) is 6.07 Å². The molecule has 0 bridgehead atoms. The van der Waals surface area contributed by atoms with E-state index < -0.39 is 32.5 Å². The number of amides is 1. The Morgan fingerprint density at radius 3 is 2.05 bits per heavy atom. The van der Waals surface area contributed by atoms with Crippen LogP contribution in [0.2, 0.25) is 0 Å². The fourth-order valence-corrected chi connectivity index (χ4v) is 6.95. The van der Waals surface area contributed by atoms with Crippen molar-refractivity contribution >= 4 is 31.6 Å². The topological polar surface area (TPSA) is 113 Å². The summed E-state index contributed by atoms with van der Waals surface area (Å²) in [7, 11) is -6.30. The Hall–Kier alpha value is -3.25. The zero-order valence-electron chi connectivity index (χ0n) is 20.4. The van der Waals surface area contributed by atoms with Crippen molar-refractivity contribution in [1.29, 1.82) is 0 Å². The van der Waals surface area contributed by atoms with Crippen molar-refractivity contribution in [3.63, 3.8) is 0 Å². The predicted octanol–water partition coefficient (Wildman–Crippen LogP) is 3.31. The number of carbonyl (C=O) groups excluding carboxylic acids is 1. The number of hydrogen-bond donors (Lipinski definition) is 1. The van der Waals surface area contributed by atoms with Crippen LogP contribution >= 0.6 is 0 Å². The van der Waals surface area contributed by atoms with Gasteiger partial charge in [0.05, 0.1) is 23.4 Å². The zero-order valence-corrected chi connectivity index (χ0v) is 22.0. The number of carbonyl (C=O) groups is 1. The first-order chi connectivity index (χ1) is 17.7. The van der Waals surface area contributed by atoms with Crippen LogP contribution in [0.1, 0.15) is 18.4 Å². The molecule has 1 saturated heterocycles. The number of rotatable bonds is 10. The number of hydrogen-bond acceptors (Lipinski definition) is 6. The quantitative estimate of drug-likeness (QED) is 0.420. The zero-order chi connectivity index (χ0) is 26.5. The van der Waals surface area contributed by atoms with E-state index in [2.05, 4.69) is 5.32 Å². The molecule has 37 heavy (non-hydrogen) atoms. The summed E-state index contributed by atoms with van der Waals surface area (Å²) in [6.07, 6.45) is 1.61. The standard InChI is InChI=1S/C26H29N3O6S2/c1-35-23-11-9-21(10-12-23)19-29(20-26(30)27-22-7-3-2-4-8-22)37(33,34)25-15-13-24(14-16-25)36(31,32)28-17-5-6-18-28/h2-4,7-16H,5-6,17-20H2,1H3,(H,27,30). The average Bonchev–Trinajstić information content (AvgIpc) is 3.46. The van der Waals surface area contributed by atoms with Crippen molar-refractivity contribution < 1.29 is 26.4 Å². The number of para-hydroxylation sites is 1. The van der Waals surface area contributed by atoms with Crippen LogP contribution in [0.4, 0.5) is 5.69 Å². The highest BCUT2D eigenvalue weighted by molar-refractivity contribution is 7.89. The van der Waals surface area contributed by atoms with Crippen LogP contribution in [0, 0.1) is 0 Å². The second-order valence-corrected chi connectivity index (χ2v) is 12.5. The van der Waals surface area contributed by atoms with Gasteiger partial charge < -0.3 is 10.1 Å². The molecule has 0 unspecified atom stereocenters. The van der Waals surface area contributed by atoms with Gasteiger partial charge in [-0.25, -0.2) is 16.8 Å². The lowest BCUT2D eigenvalue weighted by atomic mass is 10.2. The highest BCUT2D eigenvalue weighted by atomic mass is 32.2. The Balaban J connectivity index is 1.60. The molecule has 3 aromatic carbocycles. The van der Waals surface area contributed by atoms with E-state index in [-0.39, 0.29) is 16.3 Å². The van der Waals surface area contributed by atoms with Gasteiger partial charge in [0.1, 0.15) is 5.75 Å². The molecule has 0 aromatic heterocycles. The third-order valence-corrected chi connectivity index (χ3v) is 9.78. The summed E-state index contributed by atoms with van der Waals surface area (Å²) in [5, 5.41) is 2.71. The molecule has 1 fully saturated rings. The molecule has 1 aliphatic rings. The molecule has 1 N–H and O–H groups in total. The van der Waals surface area contributed by atoms with Crippen LogP contribution < -0.4 is 10.1 Å². The van der Waals surface area contributed by atoms with Gasteiger partial charge in [0.2, 0.25) is 26.0 Å². The van der Waals surface area contributed by atoms with Gasteiger partial charge >= 0.3 is 0 Å². The number of benzene rings is 3. The summed E-state index contributed by atoms with van der Waals surface area (Å²) in [6, 6.07) is 20.8. The first-order valence-electron chi connectivity index (χ1n) is 11.8. The number of nitrogens with one attached hydrogen (secondary N) is 1. The summed E-state index contributed by atoms with van der Waals surface area (Å²) in [4.78, 5) is 12.7. The molecular weight excluding hydrogens is 514 g/mol. The van der Waals surface area contributed by atoms with Crippen molar-refractivity contribution in [3.05, 3.63) is 84.4 Å². The maximum Gasteiger partial charge on any atom is 0.243 e. The van der Waals surface area contributed by atoms with E-state index in [9.17, 15) is 21.6 Å². The molecular formula is C26H29N3O6S2. The molecule has 1 heterocycles.